The number of nitrogens with zero attached hydrogens (tertiary/aromatic N) is 3. The van der Waals surface area contributed by atoms with Gasteiger partial charge in [-0.25, -0.2) is 18.5 Å². The molecule has 22 heavy (non-hydrogen) atoms. The molecular formula is C13H17ClN4O3S. The molecule has 1 atom stereocenters. The minimum atomic E-state index is -3.00. The molecule has 7 nitrogen and oxygen atoms in total. The summed E-state index contributed by atoms with van der Waals surface area (Å²) in [6.45, 7) is 1.77. The van der Waals surface area contributed by atoms with E-state index in [2.05, 4.69) is 15.6 Å². The zero-order valence-electron chi connectivity index (χ0n) is 12.1. The van der Waals surface area contributed by atoms with E-state index in [-0.39, 0.29) is 29.4 Å². The van der Waals surface area contributed by atoms with Gasteiger partial charge in [0.25, 0.3) is 0 Å². The highest BCUT2D eigenvalue weighted by atomic mass is 35.5. The monoisotopic (exact) mass is 344 g/mol. The Balaban J connectivity index is 1.75. The first-order valence-corrected chi connectivity index (χ1v) is 9.35. The topological polar surface area (TPSA) is 93.4 Å². The van der Waals surface area contributed by atoms with Crippen LogP contribution in [0.25, 0.3) is 0 Å². The van der Waals surface area contributed by atoms with Gasteiger partial charge in [0.05, 0.1) is 35.0 Å². The minimum Gasteiger partial charge on any atom is -0.273 e. The fourth-order valence-electron chi connectivity index (χ4n) is 2.49. The van der Waals surface area contributed by atoms with Gasteiger partial charge in [0, 0.05) is 5.92 Å². The standard InChI is InChI=1S/C13H17ClN4O3S/c1-8-11(6-15-16-13(19)9-2-3-9)12(14)18(17-8)10-4-5-22(20,21)7-10/h6,9-10H,2-5,7H2,1H3,(H,16,19)/b15-6-/t10-/m0/s1. The molecule has 1 N–H and O–H groups in total. The maximum Gasteiger partial charge on any atom is 0.243 e. The van der Waals surface area contributed by atoms with E-state index in [1.54, 1.807) is 11.6 Å². The van der Waals surface area contributed by atoms with Crippen molar-refractivity contribution >= 4 is 33.6 Å². The van der Waals surface area contributed by atoms with Crippen LogP contribution in [0, 0.1) is 12.8 Å². The van der Waals surface area contributed by atoms with Crippen LogP contribution in [0.5, 0.6) is 0 Å². The molecule has 0 bridgehead atoms. The SMILES string of the molecule is Cc1nn([C@H]2CCS(=O)(=O)C2)c(Cl)c1/C=N\NC(=O)C1CC1. The number of aryl methyl sites for hydroxylation is 1. The number of hydrogen-bond donors (Lipinski definition) is 1. The molecule has 2 heterocycles. The number of rotatable bonds is 4. The zero-order valence-corrected chi connectivity index (χ0v) is 13.7. The number of sulfone groups is 1. The third kappa shape index (κ3) is 3.17. The van der Waals surface area contributed by atoms with Crippen molar-refractivity contribution in [3.05, 3.63) is 16.4 Å². The van der Waals surface area contributed by atoms with Crippen LogP contribution >= 0.6 is 11.6 Å². The summed E-state index contributed by atoms with van der Waals surface area (Å²) in [7, 11) is -3.00. The van der Waals surface area contributed by atoms with Crippen molar-refractivity contribution in [2.45, 2.75) is 32.2 Å². The highest BCUT2D eigenvalue weighted by Crippen LogP contribution is 2.30. The first-order chi connectivity index (χ1) is 10.4. The van der Waals surface area contributed by atoms with Gasteiger partial charge >= 0.3 is 0 Å². The molecule has 0 aromatic carbocycles. The summed E-state index contributed by atoms with van der Waals surface area (Å²) >= 11 is 6.29. The van der Waals surface area contributed by atoms with E-state index in [0.717, 1.165) is 12.8 Å². The maximum atomic E-state index is 11.6. The van der Waals surface area contributed by atoms with E-state index in [9.17, 15) is 13.2 Å². The summed E-state index contributed by atoms with van der Waals surface area (Å²) < 4.78 is 24.7. The molecule has 2 aliphatic rings. The van der Waals surface area contributed by atoms with Gasteiger partial charge in [-0.2, -0.15) is 10.2 Å². The van der Waals surface area contributed by atoms with Crippen molar-refractivity contribution in [3.8, 4) is 0 Å². The zero-order chi connectivity index (χ0) is 15.9. The molecule has 9 heteroatoms. The number of hydrazone groups is 1. The predicted molar refractivity (Wildman–Crippen MR) is 82.7 cm³/mol. The number of amides is 1. The summed E-state index contributed by atoms with van der Waals surface area (Å²) in [5, 5.41) is 8.58. The Labute approximate surface area is 133 Å². The number of hydrogen-bond acceptors (Lipinski definition) is 5. The Bertz CT molecular complexity index is 737. The molecule has 1 amide bonds. The van der Waals surface area contributed by atoms with Gasteiger partial charge in [0.1, 0.15) is 5.15 Å². The Morgan fingerprint density at radius 3 is 2.77 bits per heavy atom. The molecule has 1 saturated carbocycles. The summed E-state index contributed by atoms with van der Waals surface area (Å²) in [5.41, 5.74) is 3.73. The number of halogens is 1. The lowest BCUT2D eigenvalue weighted by Crippen LogP contribution is -2.19. The third-order valence-corrected chi connectivity index (χ3v) is 6.07. The van der Waals surface area contributed by atoms with E-state index in [0.29, 0.717) is 22.8 Å². The molecule has 1 aliphatic carbocycles. The van der Waals surface area contributed by atoms with Gasteiger partial charge in [0.15, 0.2) is 9.84 Å². The first-order valence-electron chi connectivity index (χ1n) is 7.15. The van der Waals surface area contributed by atoms with Crippen LogP contribution < -0.4 is 5.43 Å². The van der Waals surface area contributed by atoms with Gasteiger partial charge in [-0.15, -0.1) is 0 Å². The number of nitrogens with one attached hydrogen (secondary N) is 1. The predicted octanol–water partition coefficient (Wildman–Crippen LogP) is 1.06. The van der Waals surface area contributed by atoms with Crippen molar-refractivity contribution < 1.29 is 13.2 Å². The van der Waals surface area contributed by atoms with Crippen LogP contribution in [0.3, 0.4) is 0 Å². The molecule has 0 unspecified atom stereocenters. The van der Waals surface area contributed by atoms with Crippen LogP contribution in [0.4, 0.5) is 0 Å². The number of carbonyl (C=O) groups is 1. The van der Waals surface area contributed by atoms with E-state index < -0.39 is 9.84 Å². The number of carbonyl (C=O) groups excluding carboxylic acids is 1. The number of aromatic nitrogens is 2. The molecule has 0 radical (unpaired) electrons. The average molecular weight is 345 g/mol. The van der Waals surface area contributed by atoms with Crippen LogP contribution in [-0.4, -0.2) is 41.8 Å². The Kier molecular flexibility index (Phi) is 3.98. The van der Waals surface area contributed by atoms with Gasteiger partial charge in [0.2, 0.25) is 5.91 Å². The summed E-state index contributed by atoms with van der Waals surface area (Å²) in [6.07, 6.45) is 3.80. The van der Waals surface area contributed by atoms with Gasteiger partial charge in [-0.1, -0.05) is 11.6 Å². The highest BCUT2D eigenvalue weighted by Gasteiger charge is 2.32. The fourth-order valence-corrected chi connectivity index (χ4v) is 4.54. The second kappa shape index (κ2) is 5.66. The van der Waals surface area contributed by atoms with Crippen molar-refractivity contribution in [3.63, 3.8) is 0 Å². The summed E-state index contributed by atoms with van der Waals surface area (Å²) in [4.78, 5) is 11.5. The van der Waals surface area contributed by atoms with Crippen molar-refractivity contribution in [1.29, 1.82) is 0 Å². The quantitative estimate of drug-likeness (QED) is 0.653. The van der Waals surface area contributed by atoms with Gasteiger partial charge in [-0.05, 0) is 26.2 Å². The molecule has 0 spiro atoms. The van der Waals surface area contributed by atoms with E-state index in [4.69, 9.17) is 11.6 Å². The molecule has 1 saturated heterocycles. The molecule has 1 aromatic heterocycles. The molecular weight excluding hydrogens is 328 g/mol. The molecule has 1 aliphatic heterocycles. The van der Waals surface area contributed by atoms with Crippen molar-refractivity contribution in [2.24, 2.45) is 11.0 Å². The van der Waals surface area contributed by atoms with E-state index >= 15 is 0 Å². The second-order valence-electron chi connectivity index (χ2n) is 5.80. The maximum absolute atomic E-state index is 11.6. The smallest absolute Gasteiger partial charge is 0.243 e. The van der Waals surface area contributed by atoms with Crippen LogP contribution in [-0.2, 0) is 14.6 Å². The fraction of sp³-hybridized carbons (Fsp3) is 0.615. The van der Waals surface area contributed by atoms with E-state index in [1.807, 2.05) is 0 Å². The van der Waals surface area contributed by atoms with Crippen molar-refractivity contribution in [2.75, 3.05) is 11.5 Å². The largest absolute Gasteiger partial charge is 0.273 e. The minimum absolute atomic E-state index is 0.0584. The Morgan fingerprint density at radius 1 is 1.45 bits per heavy atom. The third-order valence-electron chi connectivity index (χ3n) is 3.94. The van der Waals surface area contributed by atoms with Crippen molar-refractivity contribution in [1.82, 2.24) is 15.2 Å². The highest BCUT2D eigenvalue weighted by molar-refractivity contribution is 7.91. The van der Waals surface area contributed by atoms with Gasteiger partial charge in [-0.3, -0.25) is 4.79 Å². The lowest BCUT2D eigenvalue weighted by molar-refractivity contribution is -0.122. The average Bonchev–Trinajstić information content (AvgIpc) is 3.18. The Morgan fingerprint density at radius 2 is 2.18 bits per heavy atom. The Hall–Kier alpha value is -1.41. The molecule has 1 aromatic rings. The first kappa shape index (κ1) is 15.5. The second-order valence-corrected chi connectivity index (χ2v) is 8.39. The lowest BCUT2D eigenvalue weighted by Gasteiger charge is -2.09. The van der Waals surface area contributed by atoms with E-state index in [1.165, 1.54) is 6.21 Å². The molecule has 120 valence electrons. The summed E-state index contributed by atoms with van der Waals surface area (Å²) in [5.74, 6) is 0.218. The van der Waals surface area contributed by atoms with Gasteiger partial charge < -0.3 is 0 Å². The summed E-state index contributed by atoms with van der Waals surface area (Å²) in [6, 6.07) is -0.237. The van der Waals surface area contributed by atoms with Crippen LogP contribution in [0.1, 0.15) is 36.6 Å². The molecule has 2 fully saturated rings. The normalized spacial score (nSPS) is 24.0. The molecule has 3 rings (SSSR count). The van der Waals surface area contributed by atoms with Crippen LogP contribution in [0.2, 0.25) is 5.15 Å². The van der Waals surface area contributed by atoms with Crippen LogP contribution in [0.15, 0.2) is 5.10 Å². The lowest BCUT2D eigenvalue weighted by atomic mass is 10.2.